The predicted molar refractivity (Wildman–Crippen MR) is 137 cm³/mol. The average molecular weight is 483 g/mol. The molecule has 182 valence electrons. The highest BCUT2D eigenvalue weighted by Gasteiger charge is 2.44. The summed E-state index contributed by atoms with van der Waals surface area (Å²) in [5.41, 5.74) is 4.08. The number of para-hydroxylation sites is 2. The van der Waals surface area contributed by atoms with Crippen LogP contribution in [0.1, 0.15) is 34.5 Å². The van der Waals surface area contributed by atoms with Crippen LogP contribution in [0.2, 0.25) is 0 Å². The topological polar surface area (TPSA) is 59.7 Å². The number of piperazine rings is 1. The molecule has 6 rings (SSSR count). The summed E-state index contributed by atoms with van der Waals surface area (Å²) in [6.45, 7) is 3.85. The fourth-order valence-electron chi connectivity index (χ4n) is 5.63. The van der Waals surface area contributed by atoms with Gasteiger partial charge >= 0.3 is 0 Å². The summed E-state index contributed by atoms with van der Waals surface area (Å²) in [6.07, 6.45) is 1.95. The molecule has 1 saturated heterocycles. The van der Waals surface area contributed by atoms with Gasteiger partial charge in [-0.2, -0.15) is 0 Å². The van der Waals surface area contributed by atoms with Crippen molar-refractivity contribution in [1.29, 1.82) is 0 Å². The molecular weight excluding hydrogens is 455 g/mol. The predicted octanol–water partition coefficient (Wildman–Crippen LogP) is 4.59. The smallest absolute Gasteiger partial charge is 0.255 e. The molecule has 0 aliphatic carbocycles. The minimum atomic E-state index is -0.649. The molecule has 3 aromatic carbocycles. The van der Waals surface area contributed by atoms with Crippen LogP contribution in [0.3, 0.4) is 0 Å². The molecule has 6 nitrogen and oxygen atoms in total. The fourth-order valence-corrected chi connectivity index (χ4v) is 5.63. The van der Waals surface area contributed by atoms with Crippen molar-refractivity contribution in [2.24, 2.45) is 0 Å². The van der Waals surface area contributed by atoms with E-state index in [9.17, 15) is 14.0 Å². The number of fused-ring (bicyclic) bond motifs is 2. The zero-order chi connectivity index (χ0) is 24.8. The van der Waals surface area contributed by atoms with Crippen LogP contribution in [0.4, 0.5) is 10.1 Å². The van der Waals surface area contributed by atoms with E-state index in [1.807, 2.05) is 72.6 Å². The summed E-state index contributed by atoms with van der Waals surface area (Å²) in [7, 11) is 0. The van der Waals surface area contributed by atoms with E-state index in [4.69, 9.17) is 0 Å². The summed E-state index contributed by atoms with van der Waals surface area (Å²) in [4.78, 5) is 36.1. The van der Waals surface area contributed by atoms with E-state index in [-0.39, 0.29) is 23.7 Å². The molecule has 36 heavy (non-hydrogen) atoms. The molecule has 1 aromatic heterocycles. The standard InChI is InChI=1S/C29H27FN4O2/c1-19(28(35)33-16-14-32(15-17-33)26-13-7-5-11-24(26)30)34-27(21-9-2-3-10-22(21)29(34)36)23-18-31-25-12-6-4-8-20(23)25/h2-13,18-19,27,31H,14-17H2,1H3/t19-,27-/m1/s1. The Labute approximate surface area is 208 Å². The van der Waals surface area contributed by atoms with Gasteiger partial charge in [-0.1, -0.05) is 48.5 Å². The van der Waals surface area contributed by atoms with Gasteiger partial charge in [-0.25, -0.2) is 4.39 Å². The first-order chi connectivity index (χ1) is 17.5. The quantitative estimate of drug-likeness (QED) is 0.463. The monoisotopic (exact) mass is 482 g/mol. The van der Waals surface area contributed by atoms with Crippen LogP contribution < -0.4 is 4.90 Å². The average Bonchev–Trinajstić information content (AvgIpc) is 3.47. The molecular formula is C29H27FN4O2. The Hall–Kier alpha value is -4.13. The van der Waals surface area contributed by atoms with Crippen LogP contribution in [-0.4, -0.2) is 58.8 Å². The number of nitrogens with zero attached hydrogens (tertiary/aromatic N) is 3. The number of aromatic nitrogens is 1. The summed E-state index contributed by atoms with van der Waals surface area (Å²) in [6, 6.07) is 21.3. The Balaban J connectivity index is 1.28. The van der Waals surface area contributed by atoms with Crippen molar-refractivity contribution in [2.45, 2.75) is 19.0 Å². The summed E-state index contributed by atoms with van der Waals surface area (Å²) >= 11 is 0. The molecule has 0 spiro atoms. The van der Waals surface area contributed by atoms with E-state index in [0.717, 1.165) is 22.0 Å². The molecule has 4 aromatic rings. The molecule has 1 N–H and O–H groups in total. The minimum Gasteiger partial charge on any atom is -0.366 e. The van der Waals surface area contributed by atoms with Crippen LogP contribution >= 0.6 is 0 Å². The highest BCUT2D eigenvalue weighted by Crippen LogP contribution is 2.42. The molecule has 2 atom stereocenters. The maximum atomic E-state index is 14.3. The van der Waals surface area contributed by atoms with Crippen molar-refractivity contribution in [3.05, 3.63) is 102 Å². The zero-order valence-corrected chi connectivity index (χ0v) is 20.0. The molecule has 2 aliphatic rings. The van der Waals surface area contributed by atoms with Gasteiger partial charge in [-0.05, 0) is 36.8 Å². The molecule has 2 aliphatic heterocycles. The van der Waals surface area contributed by atoms with Crippen LogP contribution in [0.25, 0.3) is 10.9 Å². The number of anilines is 1. The second kappa shape index (κ2) is 8.82. The minimum absolute atomic E-state index is 0.0887. The maximum absolute atomic E-state index is 14.3. The third-order valence-electron chi connectivity index (χ3n) is 7.47. The second-order valence-electron chi connectivity index (χ2n) is 9.43. The Morgan fingerprint density at radius 1 is 0.917 bits per heavy atom. The Morgan fingerprint density at radius 3 is 2.42 bits per heavy atom. The molecule has 0 saturated carbocycles. The van der Waals surface area contributed by atoms with Gasteiger partial charge in [0.2, 0.25) is 5.91 Å². The zero-order valence-electron chi connectivity index (χ0n) is 20.0. The Kier molecular flexibility index (Phi) is 5.48. The second-order valence-corrected chi connectivity index (χ2v) is 9.43. The lowest BCUT2D eigenvalue weighted by Crippen LogP contribution is -2.55. The molecule has 0 unspecified atom stereocenters. The Bertz CT molecular complexity index is 1460. The number of hydrogen-bond donors (Lipinski definition) is 1. The van der Waals surface area contributed by atoms with E-state index in [1.54, 1.807) is 21.9 Å². The number of aromatic amines is 1. The number of amides is 2. The highest BCUT2D eigenvalue weighted by molar-refractivity contribution is 6.03. The SMILES string of the molecule is C[C@H](C(=O)N1CCN(c2ccccc2F)CC1)N1C(=O)c2ccccc2[C@@H]1c1c[nH]c2ccccc12. The van der Waals surface area contributed by atoms with E-state index < -0.39 is 6.04 Å². The lowest BCUT2D eigenvalue weighted by atomic mass is 9.97. The summed E-state index contributed by atoms with van der Waals surface area (Å²) < 4.78 is 14.3. The van der Waals surface area contributed by atoms with Crippen molar-refractivity contribution in [2.75, 3.05) is 31.1 Å². The number of carbonyl (C=O) groups is 2. The first-order valence-electron chi connectivity index (χ1n) is 12.3. The van der Waals surface area contributed by atoms with Crippen LogP contribution in [0, 0.1) is 5.82 Å². The van der Waals surface area contributed by atoms with Gasteiger partial charge < -0.3 is 19.7 Å². The molecule has 7 heteroatoms. The molecule has 2 amide bonds. The van der Waals surface area contributed by atoms with Crippen LogP contribution in [0.5, 0.6) is 0 Å². The highest BCUT2D eigenvalue weighted by atomic mass is 19.1. The number of rotatable bonds is 4. The first kappa shape index (κ1) is 22.3. The van der Waals surface area contributed by atoms with Crippen molar-refractivity contribution in [3.8, 4) is 0 Å². The largest absolute Gasteiger partial charge is 0.366 e. The lowest BCUT2D eigenvalue weighted by Gasteiger charge is -2.39. The normalized spacial score (nSPS) is 18.6. The number of benzene rings is 3. The molecule has 3 heterocycles. The van der Waals surface area contributed by atoms with E-state index in [0.29, 0.717) is 37.4 Å². The number of H-pyrrole nitrogens is 1. The van der Waals surface area contributed by atoms with Gasteiger partial charge in [0.15, 0.2) is 0 Å². The van der Waals surface area contributed by atoms with E-state index in [1.165, 1.54) is 6.07 Å². The summed E-state index contributed by atoms with van der Waals surface area (Å²) in [5.74, 6) is -0.478. The molecule has 1 fully saturated rings. The van der Waals surface area contributed by atoms with Gasteiger partial charge in [0, 0.05) is 54.4 Å². The number of halogens is 1. The van der Waals surface area contributed by atoms with Gasteiger partial charge in [0.1, 0.15) is 11.9 Å². The van der Waals surface area contributed by atoms with Crippen LogP contribution in [-0.2, 0) is 4.79 Å². The third-order valence-corrected chi connectivity index (χ3v) is 7.47. The van der Waals surface area contributed by atoms with Crippen molar-refractivity contribution >= 4 is 28.4 Å². The maximum Gasteiger partial charge on any atom is 0.255 e. The number of nitrogens with one attached hydrogen (secondary N) is 1. The van der Waals surface area contributed by atoms with E-state index >= 15 is 0 Å². The van der Waals surface area contributed by atoms with Crippen molar-refractivity contribution in [3.63, 3.8) is 0 Å². The third kappa shape index (κ3) is 3.54. The molecule has 0 radical (unpaired) electrons. The number of hydrogen-bond acceptors (Lipinski definition) is 3. The van der Waals surface area contributed by atoms with Gasteiger partial charge in [-0.15, -0.1) is 0 Å². The summed E-state index contributed by atoms with van der Waals surface area (Å²) in [5, 5.41) is 1.04. The van der Waals surface area contributed by atoms with E-state index in [2.05, 4.69) is 4.98 Å². The first-order valence-corrected chi connectivity index (χ1v) is 12.3. The molecule has 0 bridgehead atoms. The lowest BCUT2D eigenvalue weighted by molar-refractivity contribution is -0.136. The van der Waals surface area contributed by atoms with Gasteiger partial charge in [-0.3, -0.25) is 9.59 Å². The number of carbonyl (C=O) groups excluding carboxylic acids is 2. The van der Waals surface area contributed by atoms with Gasteiger partial charge in [0.05, 0.1) is 11.7 Å². The fraction of sp³-hybridized carbons (Fsp3) is 0.241. The van der Waals surface area contributed by atoms with Crippen molar-refractivity contribution in [1.82, 2.24) is 14.8 Å². The van der Waals surface area contributed by atoms with Crippen LogP contribution in [0.15, 0.2) is 79.0 Å². The Morgan fingerprint density at radius 2 is 1.61 bits per heavy atom. The van der Waals surface area contributed by atoms with Gasteiger partial charge in [0.25, 0.3) is 5.91 Å². The van der Waals surface area contributed by atoms with Crippen molar-refractivity contribution < 1.29 is 14.0 Å².